The molecule has 3 rings (SSSR count). The SMILES string of the molecule is COS(=O)(=O)c1nc(NCCC(C)C)c2ncn([C@@H]3O[C@H](CO)[C@@H](O)[C@H]3O)c2n1. The summed E-state index contributed by atoms with van der Waals surface area (Å²) in [5.41, 5.74) is 0.332. The lowest BCUT2D eigenvalue weighted by Crippen LogP contribution is -2.33. The van der Waals surface area contributed by atoms with Gasteiger partial charge in [-0.3, -0.25) is 8.75 Å². The van der Waals surface area contributed by atoms with E-state index in [2.05, 4.69) is 38.3 Å². The third-order valence-corrected chi connectivity index (χ3v) is 5.72. The Hall–Kier alpha value is -1.90. The molecule has 0 amide bonds. The Morgan fingerprint density at radius 1 is 1.31 bits per heavy atom. The van der Waals surface area contributed by atoms with Crippen LogP contribution in [0.3, 0.4) is 0 Å². The minimum atomic E-state index is -4.21. The number of nitrogens with one attached hydrogen (secondary N) is 1. The minimum absolute atomic E-state index is 0.0671. The molecular weight excluding hydrogens is 406 g/mol. The van der Waals surface area contributed by atoms with Crippen LogP contribution < -0.4 is 5.32 Å². The molecule has 162 valence electrons. The minimum Gasteiger partial charge on any atom is -0.394 e. The third-order valence-electron chi connectivity index (χ3n) is 4.65. The maximum atomic E-state index is 12.2. The van der Waals surface area contributed by atoms with Crippen LogP contribution >= 0.6 is 0 Å². The number of hydrogen-bond donors (Lipinski definition) is 4. The Morgan fingerprint density at radius 3 is 2.62 bits per heavy atom. The number of anilines is 1. The van der Waals surface area contributed by atoms with Crippen molar-refractivity contribution in [3.8, 4) is 0 Å². The van der Waals surface area contributed by atoms with E-state index in [1.165, 1.54) is 10.9 Å². The second-order valence-electron chi connectivity index (χ2n) is 7.14. The fourth-order valence-corrected chi connectivity index (χ4v) is 3.53. The maximum Gasteiger partial charge on any atom is 0.332 e. The van der Waals surface area contributed by atoms with Crippen LogP contribution in [-0.2, 0) is 19.0 Å². The quantitative estimate of drug-likeness (QED) is 0.306. The number of aliphatic hydroxyl groups is 3. The molecule has 0 unspecified atom stereocenters. The second-order valence-corrected chi connectivity index (χ2v) is 8.74. The zero-order valence-electron chi connectivity index (χ0n) is 16.3. The molecule has 0 aliphatic carbocycles. The van der Waals surface area contributed by atoms with Crippen LogP contribution in [0.1, 0.15) is 26.5 Å². The zero-order valence-corrected chi connectivity index (χ0v) is 17.1. The van der Waals surface area contributed by atoms with Gasteiger partial charge in [-0.2, -0.15) is 18.4 Å². The van der Waals surface area contributed by atoms with E-state index in [-0.39, 0.29) is 17.0 Å². The first-order valence-corrected chi connectivity index (χ1v) is 10.5. The molecule has 3 heterocycles. The first-order chi connectivity index (χ1) is 13.7. The Kier molecular flexibility index (Phi) is 6.36. The highest BCUT2D eigenvalue weighted by atomic mass is 32.2. The molecule has 12 nitrogen and oxygen atoms in total. The zero-order chi connectivity index (χ0) is 21.3. The first-order valence-electron chi connectivity index (χ1n) is 9.11. The molecule has 1 fully saturated rings. The fraction of sp³-hybridized carbons (Fsp3) is 0.688. The number of fused-ring (bicyclic) bond motifs is 1. The summed E-state index contributed by atoms with van der Waals surface area (Å²) in [6.07, 6.45) is -2.71. The molecule has 1 aliphatic rings. The van der Waals surface area contributed by atoms with E-state index < -0.39 is 46.4 Å². The average Bonchev–Trinajstić information content (AvgIpc) is 3.23. The van der Waals surface area contributed by atoms with Crippen LogP contribution in [0.15, 0.2) is 11.5 Å². The molecule has 13 heteroatoms. The van der Waals surface area contributed by atoms with E-state index >= 15 is 0 Å². The number of nitrogens with zero attached hydrogens (tertiary/aromatic N) is 4. The van der Waals surface area contributed by atoms with Crippen molar-refractivity contribution in [3.63, 3.8) is 0 Å². The number of aromatic nitrogens is 4. The fourth-order valence-electron chi connectivity index (χ4n) is 2.98. The smallest absolute Gasteiger partial charge is 0.332 e. The lowest BCUT2D eigenvalue weighted by molar-refractivity contribution is -0.0511. The summed E-state index contributed by atoms with van der Waals surface area (Å²) in [6.45, 7) is 4.13. The number of ether oxygens (including phenoxy) is 1. The first kappa shape index (κ1) is 21.8. The molecule has 4 atom stereocenters. The van der Waals surface area contributed by atoms with Crippen molar-refractivity contribution in [1.29, 1.82) is 0 Å². The molecule has 29 heavy (non-hydrogen) atoms. The molecule has 1 aliphatic heterocycles. The third kappa shape index (κ3) is 4.20. The molecule has 4 N–H and O–H groups in total. The van der Waals surface area contributed by atoms with Gasteiger partial charge in [0, 0.05) is 6.54 Å². The molecule has 0 radical (unpaired) electrons. The standard InChI is InChI=1S/C16H25N5O7S/c1-8(2)4-5-17-13-10-14(20-16(19-13)29(25,26)27-3)21(7-18-10)15-12(24)11(23)9(6-22)28-15/h7-9,11-12,15,22-24H,4-6H2,1-3H3,(H,17,19,20)/t9-,11-,12-,15-/m1/s1. The second kappa shape index (κ2) is 8.45. The molecule has 0 spiro atoms. The maximum absolute atomic E-state index is 12.2. The summed E-state index contributed by atoms with van der Waals surface area (Å²) in [6, 6.07) is 0. The Labute approximate surface area is 167 Å². The van der Waals surface area contributed by atoms with E-state index in [4.69, 9.17) is 4.74 Å². The topological polar surface area (TPSA) is 169 Å². The van der Waals surface area contributed by atoms with Crippen molar-refractivity contribution in [2.75, 3.05) is 25.6 Å². The van der Waals surface area contributed by atoms with Crippen molar-refractivity contribution in [3.05, 3.63) is 6.33 Å². The van der Waals surface area contributed by atoms with Crippen LogP contribution in [-0.4, -0.2) is 81.8 Å². The van der Waals surface area contributed by atoms with Gasteiger partial charge in [-0.15, -0.1) is 0 Å². The summed E-state index contributed by atoms with van der Waals surface area (Å²) in [5, 5.41) is 32.1. The Bertz CT molecular complexity index is 964. The van der Waals surface area contributed by atoms with Gasteiger partial charge in [-0.05, 0) is 12.3 Å². The van der Waals surface area contributed by atoms with E-state index in [0.29, 0.717) is 12.5 Å². The molecule has 2 aromatic rings. The average molecular weight is 431 g/mol. The molecule has 0 aromatic carbocycles. The highest BCUT2D eigenvalue weighted by Gasteiger charge is 2.44. The van der Waals surface area contributed by atoms with Gasteiger partial charge in [-0.1, -0.05) is 13.8 Å². The predicted octanol–water partition coefficient (Wildman–Crippen LogP) is -0.769. The van der Waals surface area contributed by atoms with Crippen LogP contribution in [0.4, 0.5) is 5.82 Å². The van der Waals surface area contributed by atoms with Crippen molar-refractivity contribution in [2.45, 2.75) is 50.0 Å². The molecular formula is C16H25N5O7S. The normalized spacial score (nSPS) is 25.2. The lowest BCUT2D eigenvalue weighted by atomic mass is 10.1. The van der Waals surface area contributed by atoms with Crippen molar-refractivity contribution >= 4 is 27.1 Å². The van der Waals surface area contributed by atoms with Crippen LogP contribution in [0.25, 0.3) is 11.2 Å². The van der Waals surface area contributed by atoms with Gasteiger partial charge in [0.05, 0.1) is 20.0 Å². The molecule has 2 aromatic heterocycles. The van der Waals surface area contributed by atoms with Gasteiger partial charge in [-0.25, -0.2) is 4.98 Å². The summed E-state index contributed by atoms with van der Waals surface area (Å²) < 4.78 is 35.7. The Balaban J connectivity index is 2.08. The van der Waals surface area contributed by atoms with E-state index in [9.17, 15) is 23.7 Å². The van der Waals surface area contributed by atoms with Gasteiger partial charge >= 0.3 is 10.1 Å². The van der Waals surface area contributed by atoms with Crippen LogP contribution in [0.5, 0.6) is 0 Å². The van der Waals surface area contributed by atoms with Crippen molar-refractivity contribution < 1.29 is 32.7 Å². The summed E-state index contributed by atoms with van der Waals surface area (Å²) >= 11 is 0. The summed E-state index contributed by atoms with van der Waals surface area (Å²) in [4.78, 5) is 12.3. The molecule has 1 saturated heterocycles. The monoisotopic (exact) mass is 431 g/mol. The van der Waals surface area contributed by atoms with Gasteiger partial charge in [0.1, 0.15) is 18.3 Å². The summed E-state index contributed by atoms with van der Waals surface area (Å²) in [7, 11) is -3.21. The van der Waals surface area contributed by atoms with E-state index in [1.807, 2.05) is 0 Å². The van der Waals surface area contributed by atoms with Gasteiger partial charge in [0.15, 0.2) is 23.2 Å². The molecule has 0 bridgehead atoms. The highest BCUT2D eigenvalue weighted by Crippen LogP contribution is 2.32. The largest absolute Gasteiger partial charge is 0.394 e. The number of rotatable bonds is 8. The van der Waals surface area contributed by atoms with E-state index in [1.54, 1.807) is 0 Å². The highest BCUT2D eigenvalue weighted by molar-refractivity contribution is 7.86. The number of aliphatic hydroxyl groups excluding tert-OH is 3. The predicted molar refractivity (Wildman–Crippen MR) is 100 cm³/mol. The van der Waals surface area contributed by atoms with Crippen molar-refractivity contribution in [1.82, 2.24) is 19.5 Å². The van der Waals surface area contributed by atoms with Gasteiger partial charge in [0.2, 0.25) is 0 Å². The van der Waals surface area contributed by atoms with Crippen molar-refractivity contribution in [2.24, 2.45) is 5.92 Å². The van der Waals surface area contributed by atoms with Gasteiger partial charge in [0.25, 0.3) is 5.16 Å². The Morgan fingerprint density at radius 2 is 2.03 bits per heavy atom. The van der Waals surface area contributed by atoms with Crippen LogP contribution in [0, 0.1) is 5.92 Å². The summed E-state index contributed by atoms with van der Waals surface area (Å²) in [5.74, 6) is 0.607. The molecule has 0 saturated carbocycles. The van der Waals surface area contributed by atoms with Gasteiger partial charge < -0.3 is 25.4 Å². The number of hydrogen-bond acceptors (Lipinski definition) is 11. The van der Waals surface area contributed by atoms with Crippen LogP contribution in [0.2, 0.25) is 0 Å². The lowest BCUT2D eigenvalue weighted by Gasteiger charge is -2.17. The number of imidazole rings is 1. The van der Waals surface area contributed by atoms with E-state index in [0.717, 1.165) is 13.5 Å².